The maximum atomic E-state index is 5.24. The molecule has 18 heavy (non-hydrogen) atoms. The van der Waals surface area contributed by atoms with Gasteiger partial charge in [0.05, 0.1) is 5.56 Å². The first-order valence-corrected chi connectivity index (χ1v) is 6.38. The van der Waals surface area contributed by atoms with E-state index in [0.717, 1.165) is 30.8 Å². The molecule has 2 aromatic heterocycles. The van der Waals surface area contributed by atoms with Crippen LogP contribution < -0.4 is 5.32 Å². The summed E-state index contributed by atoms with van der Waals surface area (Å²) in [5.41, 5.74) is 0.871. The van der Waals surface area contributed by atoms with Crippen molar-refractivity contribution >= 4 is 0 Å². The SMILES string of the molecule is c1cncc(-c2nc(CCC3CCCN3)no2)c1. The maximum absolute atomic E-state index is 5.24. The normalized spacial score (nSPS) is 19.2. The Morgan fingerprint density at radius 1 is 1.44 bits per heavy atom. The summed E-state index contributed by atoms with van der Waals surface area (Å²) >= 11 is 0. The lowest BCUT2D eigenvalue weighted by atomic mass is 10.1. The molecule has 0 spiro atoms. The van der Waals surface area contributed by atoms with Crippen molar-refractivity contribution in [1.82, 2.24) is 20.4 Å². The predicted molar refractivity (Wildman–Crippen MR) is 66.9 cm³/mol. The van der Waals surface area contributed by atoms with E-state index in [1.807, 2.05) is 12.1 Å². The van der Waals surface area contributed by atoms with Gasteiger partial charge in [-0.05, 0) is 37.9 Å². The van der Waals surface area contributed by atoms with Gasteiger partial charge in [0.25, 0.3) is 5.89 Å². The highest BCUT2D eigenvalue weighted by Crippen LogP contribution is 2.17. The van der Waals surface area contributed by atoms with Gasteiger partial charge in [-0.25, -0.2) is 0 Å². The monoisotopic (exact) mass is 244 g/mol. The molecule has 0 aliphatic carbocycles. The van der Waals surface area contributed by atoms with Gasteiger partial charge in [-0.3, -0.25) is 4.98 Å². The third kappa shape index (κ3) is 2.56. The highest BCUT2D eigenvalue weighted by Gasteiger charge is 2.15. The Labute approximate surface area is 106 Å². The molecule has 1 fully saturated rings. The fraction of sp³-hybridized carbons (Fsp3) is 0.462. The van der Waals surface area contributed by atoms with Gasteiger partial charge in [-0.15, -0.1) is 0 Å². The zero-order valence-corrected chi connectivity index (χ0v) is 10.2. The van der Waals surface area contributed by atoms with Crippen LogP contribution in [0.3, 0.4) is 0 Å². The molecule has 0 bridgehead atoms. The predicted octanol–water partition coefficient (Wildman–Crippen LogP) is 1.82. The molecule has 1 N–H and O–H groups in total. The number of hydrogen-bond acceptors (Lipinski definition) is 5. The number of aryl methyl sites for hydroxylation is 1. The Morgan fingerprint density at radius 2 is 2.44 bits per heavy atom. The summed E-state index contributed by atoms with van der Waals surface area (Å²) in [5, 5.41) is 7.48. The van der Waals surface area contributed by atoms with E-state index in [-0.39, 0.29) is 0 Å². The Bertz CT molecular complexity index is 491. The second kappa shape index (κ2) is 5.27. The molecule has 94 valence electrons. The minimum absolute atomic E-state index is 0.553. The van der Waals surface area contributed by atoms with Gasteiger partial charge in [-0.2, -0.15) is 4.98 Å². The van der Waals surface area contributed by atoms with Crippen molar-refractivity contribution in [1.29, 1.82) is 0 Å². The van der Waals surface area contributed by atoms with E-state index in [9.17, 15) is 0 Å². The maximum Gasteiger partial charge on any atom is 0.259 e. The number of pyridine rings is 1. The third-order valence-electron chi connectivity index (χ3n) is 3.26. The van der Waals surface area contributed by atoms with E-state index in [2.05, 4.69) is 20.4 Å². The van der Waals surface area contributed by atoms with Crippen molar-refractivity contribution in [3.8, 4) is 11.5 Å². The number of nitrogens with zero attached hydrogens (tertiary/aromatic N) is 3. The van der Waals surface area contributed by atoms with Gasteiger partial charge in [-0.1, -0.05) is 5.16 Å². The van der Waals surface area contributed by atoms with Gasteiger partial charge in [0.15, 0.2) is 5.82 Å². The van der Waals surface area contributed by atoms with Crippen molar-refractivity contribution in [3.05, 3.63) is 30.4 Å². The van der Waals surface area contributed by atoms with Gasteiger partial charge in [0.1, 0.15) is 0 Å². The Hall–Kier alpha value is -1.75. The van der Waals surface area contributed by atoms with Crippen LogP contribution in [0.4, 0.5) is 0 Å². The van der Waals surface area contributed by atoms with E-state index in [1.165, 1.54) is 12.8 Å². The van der Waals surface area contributed by atoms with Crippen molar-refractivity contribution in [2.45, 2.75) is 31.7 Å². The quantitative estimate of drug-likeness (QED) is 0.888. The molecule has 1 aliphatic rings. The average molecular weight is 244 g/mol. The topological polar surface area (TPSA) is 63.8 Å². The van der Waals surface area contributed by atoms with Crippen LogP contribution in [0.1, 0.15) is 25.1 Å². The molecule has 1 atom stereocenters. The lowest BCUT2D eigenvalue weighted by Gasteiger charge is -2.06. The Balaban J connectivity index is 1.63. The summed E-state index contributed by atoms with van der Waals surface area (Å²) in [7, 11) is 0. The van der Waals surface area contributed by atoms with E-state index < -0.39 is 0 Å². The zero-order chi connectivity index (χ0) is 12.2. The smallest absolute Gasteiger partial charge is 0.259 e. The van der Waals surface area contributed by atoms with Crippen LogP contribution in [0.15, 0.2) is 29.0 Å². The molecule has 1 aliphatic heterocycles. The molecule has 1 unspecified atom stereocenters. The van der Waals surface area contributed by atoms with Crippen LogP contribution in [0, 0.1) is 0 Å². The van der Waals surface area contributed by atoms with Crippen molar-refractivity contribution in [2.24, 2.45) is 0 Å². The molecular formula is C13H16N4O. The first-order chi connectivity index (χ1) is 8.92. The Kier molecular flexibility index (Phi) is 3.32. The Morgan fingerprint density at radius 3 is 3.22 bits per heavy atom. The molecule has 5 heteroatoms. The van der Waals surface area contributed by atoms with Gasteiger partial charge >= 0.3 is 0 Å². The summed E-state index contributed by atoms with van der Waals surface area (Å²) in [6.07, 6.45) is 7.93. The van der Waals surface area contributed by atoms with Crippen LogP contribution in [0.2, 0.25) is 0 Å². The minimum atomic E-state index is 0.553. The standard InChI is InChI=1S/C13H16N4O/c1-3-10(9-14-7-1)13-16-12(17-18-13)6-5-11-4-2-8-15-11/h1,3,7,9,11,15H,2,4-6,8H2. The molecule has 5 nitrogen and oxygen atoms in total. The van der Waals surface area contributed by atoms with E-state index in [4.69, 9.17) is 4.52 Å². The van der Waals surface area contributed by atoms with Crippen molar-refractivity contribution in [3.63, 3.8) is 0 Å². The number of rotatable bonds is 4. The molecule has 3 heterocycles. The average Bonchev–Trinajstić information content (AvgIpc) is 3.09. The first kappa shape index (κ1) is 11.3. The summed E-state index contributed by atoms with van der Waals surface area (Å²) in [6.45, 7) is 1.14. The third-order valence-corrected chi connectivity index (χ3v) is 3.26. The fourth-order valence-corrected chi connectivity index (χ4v) is 2.27. The zero-order valence-electron chi connectivity index (χ0n) is 10.2. The van der Waals surface area contributed by atoms with Crippen LogP contribution in [-0.2, 0) is 6.42 Å². The molecule has 0 aromatic carbocycles. The first-order valence-electron chi connectivity index (χ1n) is 6.38. The summed E-state index contributed by atoms with van der Waals surface area (Å²) < 4.78 is 5.24. The number of aromatic nitrogens is 3. The largest absolute Gasteiger partial charge is 0.334 e. The van der Waals surface area contributed by atoms with Crippen LogP contribution in [-0.4, -0.2) is 27.7 Å². The number of hydrogen-bond donors (Lipinski definition) is 1. The molecular weight excluding hydrogens is 228 g/mol. The van der Waals surface area contributed by atoms with Crippen molar-refractivity contribution in [2.75, 3.05) is 6.54 Å². The lowest BCUT2D eigenvalue weighted by Crippen LogP contribution is -2.21. The van der Waals surface area contributed by atoms with Gasteiger partial charge in [0, 0.05) is 24.9 Å². The molecule has 0 saturated carbocycles. The summed E-state index contributed by atoms with van der Waals surface area (Å²) in [6, 6.07) is 4.40. The highest BCUT2D eigenvalue weighted by molar-refractivity contribution is 5.50. The summed E-state index contributed by atoms with van der Waals surface area (Å²) in [5.74, 6) is 1.33. The molecule has 3 rings (SSSR count). The molecule has 2 aromatic rings. The minimum Gasteiger partial charge on any atom is -0.334 e. The van der Waals surface area contributed by atoms with E-state index in [1.54, 1.807) is 12.4 Å². The van der Waals surface area contributed by atoms with Crippen LogP contribution in [0.25, 0.3) is 11.5 Å². The fourth-order valence-electron chi connectivity index (χ4n) is 2.27. The van der Waals surface area contributed by atoms with E-state index >= 15 is 0 Å². The molecule has 0 amide bonds. The lowest BCUT2D eigenvalue weighted by molar-refractivity contribution is 0.419. The number of nitrogens with one attached hydrogen (secondary N) is 1. The second-order valence-corrected chi connectivity index (χ2v) is 4.59. The molecule has 1 saturated heterocycles. The van der Waals surface area contributed by atoms with Crippen LogP contribution in [0.5, 0.6) is 0 Å². The van der Waals surface area contributed by atoms with Gasteiger partial charge < -0.3 is 9.84 Å². The van der Waals surface area contributed by atoms with Gasteiger partial charge in [0.2, 0.25) is 0 Å². The summed E-state index contributed by atoms with van der Waals surface area (Å²) in [4.78, 5) is 8.44. The van der Waals surface area contributed by atoms with E-state index in [0.29, 0.717) is 11.9 Å². The molecule has 0 radical (unpaired) electrons. The highest BCUT2D eigenvalue weighted by atomic mass is 16.5. The second-order valence-electron chi connectivity index (χ2n) is 4.59. The van der Waals surface area contributed by atoms with Crippen molar-refractivity contribution < 1.29 is 4.52 Å². The van der Waals surface area contributed by atoms with Crippen LogP contribution >= 0.6 is 0 Å².